The number of nitrogens with zero attached hydrogens (tertiary/aromatic N) is 1. The summed E-state index contributed by atoms with van der Waals surface area (Å²) in [5.74, 6) is 0.575. The van der Waals surface area contributed by atoms with Crippen molar-refractivity contribution in [3.05, 3.63) is 28.5 Å². The molecule has 1 saturated carbocycles. The molecule has 1 heterocycles. The van der Waals surface area contributed by atoms with Crippen LogP contribution in [0.15, 0.2) is 22.8 Å². The van der Waals surface area contributed by atoms with E-state index in [1.807, 2.05) is 6.07 Å². The number of rotatable bonds is 3. The third kappa shape index (κ3) is 3.78. The number of halogens is 2. The standard InChI is InChI=1S/C14H18Br2N2O/c1-10-3-2-6-14(7-10,9-15)18-13(19)12-5-4-11(16)8-17-12/h4-5,8,10H,2-3,6-7,9H2,1H3,(H,18,19). The van der Waals surface area contributed by atoms with Crippen molar-refractivity contribution in [2.75, 3.05) is 5.33 Å². The molecule has 2 rings (SSSR count). The lowest BCUT2D eigenvalue weighted by atomic mass is 9.77. The number of hydrogen-bond donors (Lipinski definition) is 1. The molecule has 0 saturated heterocycles. The SMILES string of the molecule is CC1CCCC(CBr)(NC(=O)c2ccc(Br)cn2)C1. The zero-order valence-electron chi connectivity index (χ0n) is 11.0. The maximum atomic E-state index is 12.3. The molecule has 2 unspecified atom stereocenters. The smallest absolute Gasteiger partial charge is 0.270 e. The fourth-order valence-corrected chi connectivity index (χ4v) is 3.63. The van der Waals surface area contributed by atoms with E-state index in [1.165, 1.54) is 12.8 Å². The molecule has 1 aromatic rings. The van der Waals surface area contributed by atoms with Gasteiger partial charge < -0.3 is 5.32 Å². The first-order chi connectivity index (χ1) is 9.04. The zero-order chi connectivity index (χ0) is 13.9. The molecule has 19 heavy (non-hydrogen) atoms. The fraction of sp³-hybridized carbons (Fsp3) is 0.571. The van der Waals surface area contributed by atoms with Crippen LogP contribution >= 0.6 is 31.9 Å². The molecule has 0 bridgehead atoms. The Bertz CT molecular complexity index is 449. The first-order valence-corrected chi connectivity index (χ1v) is 8.46. The predicted octanol–water partition coefficient (Wildman–Crippen LogP) is 3.92. The lowest BCUT2D eigenvalue weighted by Crippen LogP contribution is -2.52. The van der Waals surface area contributed by atoms with Gasteiger partial charge in [-0.25, -0.2) is 4.98 Å². The number of amides is 1. The highest BCUT2D eigenvalue weighted by Gasteiger charge is 2.35. The van der Waals surface area contributed by atoms with Crippen molar-refractivity contribution < 1.29 is 4.79 Å². The highest BCUT2D eigenvalue weighted by atomic mass is 79.9. The van der Waals surface area contributed by atoms with Crippen molar-refractivity contribution in [1.82, 2.24) is 10.3 Å². The van der Waals surface area contributed by atoms with E-state index in [9.17, 15) is 4.79 Å². The third-order valence-corrected chi connectivity index (χ3v) is 5.23. The van der Waals surface area contributed by atoms with Gasteiger partial charge in [-0.05, 0) is 46.8 Å². The number of nitrogens with one attached hydrogen (secondary N) is 1. The van der Waals surface area contributed by atoms with Crippen molar-refractivity contribution >= 4 is 37.8 Å². The van der Waals surface area contributed by atoms with Crippen LogP contribution in [0, 0.1) is 5.92 Å². The minimum atomic E-state index is -0.122. The number of hydrogen-bond acceptors (Lipinski definition) is 2. The molecule has 1 aliphatic rings. The Morgan fingerprint density at radius 3 is 2.95 bits per heavy atom. The minimum absolute atomic E-state index is 0.0824. The Labute approximate surface area is 130 Å². The van der Waals surface area contributed by atoms with Crippen LogP contribution in [-0.4, -0.2) is 21.8 Å². The molecule has 0 spiro atoms. The van der Waals surface area contributed by atoms with E-state index < -0.39 is 0 Å². The topological polar surface area (TPSA) is 42.0 Å². The second-order valence-corrected chi connectivity index (χ2v) is 6.91. The third-order valence-electron chi connectivity index (χ3n) is 3.69. The van der Waals surface area contributed by atoms with E-state index in [1.54, 1.807) is 12.3 Å². The van der Waals surface area contributed by atoms with Crippen LogP contribution < -0.4 is 5.32 Å². The maximum Gasteiger partial charge on any atom is 0.270 e. The first kappa shape index (κ1) is 15.0. The Kier molecular flexibility index (Phi) is 5.01. The number of alkyl halides is 1. The summed E-state index contributed by atoms with van der Waals surface area (Å²) in [7, 11) is 0. The summed E-state index contributed by atoms with van der Waals surface area (Å²) >= 11 is 6.89. The van der Waals surface area contributed by atoms with Crippen molar-refractivity contribution in [1.29, 1.82) is 0 Å². The second-order valence-electron chi connectivity index (χ2n) is 5.43. The van der Waals surface area contributed by atoms with Gasteiger partial charge in [0.05, 0.1) is 5.54 Å². The van der Waals surface area contributed by atoms with Crippen LogP contribution in [0.25, 0.3) is 0 Å². The van der Waals surface area contributed by atoms with Gasteiger partial charge in [-0.1, -0.05) is 35.7 Å². The van der Waals surface area contributed by atoms with Gasteiger partial charge >= 0.3 is 0 Å². The average Bonchev–Trinajstić information content (AvgIpc) is 2.39. The van der Waals surface area contributed by atoms with E-state index >= 15 is 0 Å². The zero-order valence-corrected chi connectivity index (χ0v) is 14.1. The van der Waals surface area contributed by atoms with Crippen LogP contribution in [-0.2, 0) is 0 Å². The lowest BCUT2D eigenvalue weighted by Gasteiger charge is -2.39. The van der Waals surface area contributed by atoms with Gasteiger partial charge in [0, 0.05) is 16.0 Å². The van der Waals surface area contributed by atoms with Gasteiger partial charge in [0.1, 0.15) is 5.69 Å². The van der Waals surface area contributed by atoms with Crippen LogP contribution in [0.3, 0.4) is 0 Å². The molecule has 0 aromatic carbocycles. The average molecular weight is 390 g/mol. The van der Waals surface area contributed by atoms with E-state index in [0.29, 0.717) is 11.6 Å². The molecule has 1 N–H and O–H groups in total. The molecule has 1 fully saturated rings. The number of carbonyl (C=O) groups is 1. The first-order valence-electron chi connectivity index (χ1n) is 6.55. The number of carbonyl (C=O) groups excluding carboxylic acids is 1. The molecule has 1 aliphatic carbocycles. The van der Waals surface area contributed by atoms with E-state index in [0.717, 1.165) is 22.6 Å². The normalized spacial score (nSPS) is 27.0. The fourth-order valence-electron chi connectivity index (χ4n) is 2.74. The Balaban J connectivity index is 2.09. The lowest BCUT2D eigenvalue weighted by molar-refractivity contribution is 0.0864. The monoisotopic (exact) mass is 388 g/mol. The van der Waals surface area contributed by atoms with Gasteiger partial charge in [-0.2, -0.15) is 0 Å². The van der Waals surface area contributed by atoms with Crippen molar-refractivity contribution in [3.8, 4) is 0 Å². The molecule has 104 valence electrons. The number of aromatic nitrogens is 1. The minimum Gasteiger partial charge on any atom is -0.344 e. The molecule has 3 nitrogen and oxygen atoms in total. The molecule has 1 aromatic heterocycles. The molecule has 0 radical (unpaired) electrons. The van der Waals surface area contributed by atoms with Gasteiger partial charge in [-0.3, -0.25) is 4.79 Å². The highest BCUT2D eigenvalue weighted by Crippen LogP contribution is 2.33. The summed E-state index contributed by atoms with van der Waals surface area (Å²) in [6, 6.07) is 3.58. The van der Waals surface area contributed by atoms with Crippen molar-refractivity contribution in [2.24, 2.45) is 5.92 Å². The number of pyridine rings is 1. The van der Waals surface area contributed by atoms with Crippen LogP contribution in [0.2, 0.25) is 0 Å². The van der Waals surface area contributed by atoms with E-state index in [4.69, 9.17) is 0 Å². The van der Waals surface area contributed by atoms with Crippen LogP contribution in [0.1, 0.15) is 43.1 Å². The summed E-state index contributed by atoms with van der Waals surface area (Å²) in [6.07, 6.45) is 6.13. The Morgan fingerprint density at radius 1 is 1.58 bits per heavy atom. The van der Waals surface area contributed by atoms with Crippen LogP contribution in [0.5, 0.6) is 0 Å². The quantitative estimate of drug-likeness (QED) is 0.796. The van der Waals surface area contributed by atoms with Gasteiger partial charge in [0.15, 0.2) is 0 Å². The molecular formula is C14H18Br2N2O. The summed E-state index contributed by atoms with van der Waals surface area (Å²) in [6.45, 7) is 2.25. The second kappa shape index (κ2) is 6.35. The summed E-state index contributed by atoms with van der Waals surface area (Å²) < 4.78 is 0.880. The molecule has 0 aliphatic heterocycles. The van der Waals surface area contributed by atoms with Crippen molar-refractivity contribution in [2.45, 2.75) is 38.1 Å². The van der Waals surface area contributed by atoms with Gasteiger partial charge in [0.2, 0.25) is 0 Å². The predicted molar refractivity (Wildman–Crippen MR) is 83.6 cm³/mol. The molecular weight excluding hydrogens is 372 g/mol. The van der Waals surface area contributed by atoms with E-state index in [2.05, 4.69) is 49.1 Å². The maximum absolute atomic E-state index is 12.3. The summed E-state index contributed by atoms with van der Waals surface area (Å²) in [5.41, 5.74) is 0.352. The van der Waals surface area contributed by atoms with Gasteiger partial charge in [0.25, 0.3) is 5.91 Å². The Hall–Kier alpha value is -0.420. The van der Waals surface area contributed by atoms with Crippen LogP contribution in [0.4, 0.5) is 0 Å². The molecule has 2 atom stereocenters. The highest BCUT2D eigenvalue weighted by molar-refractivity contribution is 9.10. The summed E-state index contributed by atoms with van der Waals surface area (Å²) in [5, 5.41) is 3.98. The van der Waals surface area contributed by atoms with E-state index in [-0.39, 0.29) is 11.4 Å². The molecule has 1 amide bonds. The Morgan fingerprint density at radius 2 is 2.37 bits per heavy atom. The molecule has 5 heteroatoms. The summed E-state index contributed by atoms with van der Waals surface area (Å²) in [4.78, 5) is 16.4. The van der Waals surface area contributed by atoms with Gasteiger partial charge in [-0.15, -0.1) is 0 Å². The largest absolute Gasteiger partial charge is 0.344 e. The van der Waals surface area contributed by atoms with Crippen molar-refractivity contribution in [3.63, 3.8) is 0 Å².